The molecule has 0 saturated heterocycles. The van der Waals surface area contributed by atoms with Crippen LogP contribution in [0.2, 0.25) is 0 Å². The molecule has 1 aliphatic rings. The number of anilines is 1. The smallest absolute Gasteiger partial charge is 0.204 e. The standard InChI is InChI=1S/C15H12N2O/c1-2-6-12-10(5-1)11(9-16-12)15-17-13-7-3-4-8-14(13)18-15/h1-8,11,16H,9H2. The molecule has 1 unspecified atom stereocenters. The average molecular weight is 236 g/mol. The first-order chi connectivity index (χ1) is 8.92. The maximum Gasteiger partial charge on any atom is 0.204 e. The second kappa shape index (κ2) is 3.60. The van der Waals surface area contributed by atoms with Gasteiger partial charge in [-0.2, -0.15) is 0 Å². The van der Waals surface area contributed by atoms with Gasteiger partial charge >= 0.3 is 0 Å². The number of hydrogen-bond donors (Lipinski definition) is 1. The summed E-state index contributed by atoms with van der Waals surface area (Å²) in [5.41, 5.74) is 4.24. The summed E-state index contributed by atoms with van der Waals surface area (Å²) in [5, 5.41) is 3.39. The summed E-state index contributed by atoms with van der Waals surface area (Å²) in [6.45, 7) is 0.853. The van der Waals surface area contributed by atoms with Gasteiger partial charge in [0.05, 0.1) is 5.92 Å². The van der Waals surface area contributed by atoms with Gasteiger partial charge in [-0.05, 0) is 23.8 Å². The highest BCUT2D eigenvalue weighted by molar-refractivity contribution is 5.72. The van der Waals surface area contributed by atoms with Crippen molar-refractivity contribution >= 4 is 16.8 Å². The third-order valence-electron chi connectivity index (χ3n) is 3.44. The molecule has 88 valence electrons. The average Bonchev–Trinajstić information content (AvgIpc) is 3.02. The van der Waals surface area contributed by atoms with Gasteiger partial charge in [-0.1, -0.05) is 30.3 Å². The summed E-state index contributed by atoms with van der Waals surface area (Å²) < 4.78 is 5.86. The molecule has 2 aromatic carbocycles. The van der Waals surface area contributed by atoms with Crippen LogP contribution < -0.4 is 5.32 Å². The molecule has 3 aromatic rings. The summed E-state index contributed by atoms with van der Waals surface area (Å²) in [6.07, 6.45) is 0. The molecular weight excluding hydrogens is 224 g/mol. The highest BCUT2D eigenvalue weighted by Gasteiger charge is 2.27. The second-order valence-corrected chi connectivity index (χ2v) is 4.54. The van der Waals surface area contributed by atoms with E-state index in [4.69, 9.17) is 4.42 Å². The lowest BCUT2D eigenvalue weighted by Gasteiger charge is -2.04. The molecule has 1 aromatic heterocycles. The molecule has 0 bridgehead atoms. The van der Waals surface area contributed by atoms with Crippen LogP contribution in [0.3, 0.4) is 0 Å². The Balaban J connectivity index is 1.85. The number of hydrogen-bond acceptors (Lipinski definition) is 3. The first-order valence-corrected chi connectivity index (χ1v) is 6.10. The number of fused-ring (bicyclic) bond motifs is 2. The molecule has 0 amide bonds. The summed E-state index contributed by atoms with van der Waals surface area (Å²) in [7, 11) is 0. The number of oxazole rings is 1. The van der Waals surface area contributed by atoms with Crippen LogP contribution in [-0.4, -0.2) is 11.5 Å². The molecule has 4 rings (SSSR count). The van der Waals surface area contributed by atoms with E-state index in [1.54, 1.807) is 0 Å². The van der Waals surface area contributed by atoms with Gasteiger partial charge in [0.2, 0.25) is 5.89 Å². The molecule has 0 saturated carbocycles. The molecule has 2 heterocycles. The Morgan fingerprint density at radius 3 is 2.83 bits per heavy atom. The van der Waals surface area contributed by atoms with Gasteiger partial charge in [0.25, 0.3) is 0 Å². The normalized spacial score (nSPS) is 17.7. The van der Waals surface area contributed by atoms with Crippen molar-refractivity contribution < 1.29 is 4.42 Å². The summed E-state index contributed by atoms with van der Waals surface area (Å²) in [4.78, 5) is 4.59. The van der Waals surface area contributed by atoms with Crippen LogP contribution in [0.5, 0.6) is 0 Å². The molecule has 0 aliphatic carbocycles. The van der Waals surface area contributed by atoms with Crippen molar-refractivity contribution in [2.45, 2.75) is 5.92 Å². The lowest BCUT2D eigenvalue weighted by Crippen LogP contribution is -2.03. The van der Waals surface area contributed by atoms with Crippen LogP contribution in [0.1, 0.15) is 17.4 Å². The lowest BCUT2D eigenvalue weighted by molar-refractivity contribution is 0.512. The Labute approximate surface area is 104 Å². The van der Waals surface area contributed by atoms with Crippen molar-refractivity contribution in [2.24, 2.45) is 0 Å². The molecular formula is C15H12N2O. The number of aromatic nitrogens is 1. The zero-order chi connectivity index (χ0) is 11.9. The van der Waals surface area contributed by atoms with E-state index in [0.29, 0.717) is 0 Å². The lowest BCUT2D eigenvalue weighted by atomic mass is 10.0. The Morgan fingerprint density at radius 1 is 1.06 bits per heavy atom. The Hall–Kier alpha value is -2.29. The van der Waals surface area contributed by atoms with Crippen LogP contribution in [0.25, 0.3) is 11.1 Å². The van der Waals surface area contributed by atoms with E-state index in [1.807, 2.05) is 30.3 Å². The molecule has 0 fully saturated rings. The SMILES string of the molecule is c1ccc2c(c1)NCC2c1nc2ccccc2o1. The Morgan fingerprint density at radius 2 is 1.89 bits per heavy atom. The minimum Gasteiger partial charge on any atom is -0.440 e. The fraction of sp³-hybridized carbons (Fsp3) is 0.133. The maximum absolute atomic E-state index is 5.86. The number of nitrogens with zero attached hydrogens (tertiary/aromatic N) is 1. The summed E-state index contributed by atoms with van der Waals surface area (Å²) in [6, 6.07) is 16.2. The van der Waals surface area contributed by atoms with E-state index in [0.717, 1.165) is 23.5 Å². The monoisotopic (exact) mass is 236 g/mol. The quantitative estimate of drug-likeness (QED) is 0.703. The van der Waals surface area contributed by atoms with Crippen LogP contribution in [0.4, 0.5) is 5.69 Å². The van der Waals surface area contributed by atoms with Crippen molar-refractivity contribution in [3.8, 4) is 0 Å². The number of para-hydroxylation sites is 3. The third kappa shape index (κ3) is 1.34. The van der Waals surface area contributed by atoms with Gasteiger partial charge in [0.1, 0.15) is 5.52 Å². The zero-order valence-corrected chi connectivity index (χ0v) is 9.76. The van der Waals surface area contributed by atoms with Gasteiger partial charge in [-0.15, -0.1) is 0 Å². The predicted octanol–water partition coefficient (Wildman–Crippen LogP) is 3.39. The highest BCUT2D eigenvalue weighted by Crippen LogP contribution is 2.36. The van der Waals surface area contributed by atoms with Crippen molar-refractivity contribution in [3.05, 3.63) is 60.0 Å². The molecule has 3 nitrogen and oxygen atoms in total. The van der Waals surface area contributed by atoms with Crippen LogP contribution >= 0.6 is 0 Å². The Bertz CT molecular complexity index is 684. The fourth-order valence-corrected chi connectivity index (χ4v) is 2.54. The number of nitrogens with one attached hydrogen (secondary N) is 1. The topological polar surface area (TPSA) is 38.1 Å². The van der Waals surface area contributed by atoms with E-state index < -0.39 is 0 Å². The van der Waals surface area contributed by atoms with Gasteiger partial charge in [0, 0.05) is 12.2 Å². The minimum atomic E-state index is 0.216. The summed E-state index contributed by atoms with van der Waals surface area (Å²) >= 11 is 0. The molecule has 1 atom stereocenters. The third-order valence-corrected chi connectivity index (χ3v) is 3.44. The largest absolute Gasteiger partial charge is 0.440 e. The van der Waals surface area contributed by atoms with E-state index in [9.17, 15) is 0 Å². The molecule has 0 spiro atoms. The zero-order valence-electron chi connectivity index (χ0n) is 9.76. The van der Waals surface area contributed by atoms with Crippen LogP contribution in [-0.2, 0) is 0 Å². The fourth-order valence-electron chi connectivity index (χ4n) is 2.54. The molecule has 1 aliphatic heterocycles. The van der Waals surface area contributed by atoms with E-state index in [2.05, 4.69) is 28.5 Å². The first-order valence-electron chi connectivity index (χ1n) is 6.10. The molecule has 18 heavy (non-hydrogen) atoms. The van der Waals surface area contributed by atoms with E-state index in [1.165, 1.54) is 11.3 Å². The van der Waals surface area contributed by atoms with Crippen molar-refractivity contribution in [3.63, 3.8) is 0 Å². The molecule has 0 radical (unpaired) electrons. The van der Waals surface area contributed by atoms with Crippen molar-refractivity contribution in [1.29, 1.82) is 0 Å². The van der Waals surface area contributed by atoms with E-state index >= 15 is 0 Å². The van der Waals surface area contributed by atoms with Gasteiger partial charge < -0.3 is 9.73 Å². The van der Waals surface area contributed by atoms with Gasteiger partial charge in [-0.25, -0.2) is 4.98 Å². The summed E-state index contributed by atoms with van der Waals surface area (Å²) in [5.74, 6) is 1.02. The highest BCUT2D eigenvalue weighted by atomic mass is 16.3. The van der Waals surface area contributed by atoms with Crippen molar-refractivity contribution in [2.75, 3.05) is 11.9 Å². The van der Waals surface area contributed by atoms with Gasteiger partial charge in [-0.3, -0.25) is 0 Å². The van der Waals surface area contributed by atoms with Crippen LogP contribution in [0, 0.1) is 0 Å². The minimum absolute atomic E-state index is 0.216. The number of rotatable bonds is 1. The maximum atomic E-state index is 5.86. The van der Waals surface area contributed by atoms with E-state index in [-0.39, 0.29) is 5.92 Å². The molecule has 3 heteroatoms. The Kier molecular flexibility index (Phi) is 1.94. The molecule has 1 N–H and O–H groups in total. The van der Waals surface area contributed by atoms with Crippen LogP contribution in [0.15, 0.2) is 52.9 Å². The van der Waals surface area contributed by atoms with Gasteiger partial charge in [0.15, 0.2) is 5.58 Å². The predicted molar refractivity (Wildman–Crippen MR) is 70.8 cm³/mol. The van der Waals surface area contributed by atoms with Crippen molar-refractivity contribution in [1.82, 2.24) is 4.98 Å². The second-order valence-electron chi connectivity index (χ2n) is 4.54. The first kappa shape index (κ1) is 9.71. The number of benzene rings is 2.